The van der Waals surface area contributed by atoms with Crippen LogP contribution < -0.4 is 4.90 Å². The summed E-state index contributed by atoms with van der Waals surface area (Å²) in [5.74, 6) is -0.790. The Kier molecular flexibility index (Phi) is 5.22. The van der Waals surface area contributed by atoms with Gasteiger partial charge in [0.05, 0.1) is 18.7 Å². The van der Waals surface area contributed by atoms with Crippen LogP contribution in [0.3, 0.4) is 0 Å². The van der Waals surface area contributed by atoms with Gasteiger partial charge in [0, 0.05) is 16.1 Å². The van der Waals surface area contributed by atoms with Crippen LogP contribution in [0.1, 0.15) is 39.0 Å². The fraction of sp³-hybridized carbons (Fsp3) is 0.200. The molecule has 0 saturated carbocycles. The van der Waals surface area contributed by atoms with Crippen LogP contribution in [-0.4, -0.2) is 16.8 Å². The Hall–Kier alpha value is -2.95. The van der Waals surface area contributed by atoms with Crippen LogP contribution >= 0.6 is 11.6 Å². The highest BCUT2D eigenvalue weighted by molar-refractivity contribution is 6.31. The van der Waals surface area contributed by atoms with E-state index in [9.17, 15) is 14.7 Å². The van der Waals surface area contributed by atoms with Gasteiger partial charge in [0.2, 0.25) is 0 Å². The Balaban J connectivity index is 1.73. The molecule has 1 aliphatic rings. The van der Waals surface area contributed by atoms with Crippen LogP contribution in [-0.2, 0) is 16.9 Å². The van der Waals surface area contributed by atoms with Crippen LogP contribution in [0.15, 0.2) is 66.7 Å². The molecule has 0 saturated heterocycles. The highest BCUT2D eigenvalue weighted by Gasteiger charge is 2.51. The lowest BCUT2D eigenvalue weighted by molar-refractivity contribution is -0.136. The Labute approximate surface area is 180 Å². The molecule has 3 aromatic carbocycles. The average molecular weight is 420 g/mol. The summed E-state index contributed by atoms with van der Waals surface area (Å²) in [5.41, 5.74) is 2.19. The number of hydrogen-bond donors (Lipinski definition) is 1. The molecule has 1 heterocycles. The molecule has 1 amide bonds. The number of halogens is 1. The number of nitrogens with zero attached hydrogens (tertiary/aromatic N) is 1. The van der Waals surface area contributed by atoms with Gasteiger partial charge in [-0.05, 0) is 49.2 Å². The second kappa shape index (κ2) is 7.71. The number of anilines is 1. The van der Waals surface area contributed by atoms with Gasteiger partial charge in [-0.2, -0.15) is 0 Å². The number of fused-ring (bicyclic) bond motifs is 1. The molecule has 1 N–H and O–H groups in total. The number of benzene rings is 3. The maximum absolute atomic E-state index is 13.4. The lowest BCUT2D eigenvalue weighted by atomic mass is 9.87. The number of Topliss-reactive ketones (excluding diaryl/α,β-unsaturated/α-hetero) is 1. The van der Waals surface area contributed by atoms with Crippen molar-refractivity contribution >= 4 is 29.0 Å². The third kappa shape index (κ3) is 3.53. The van der Waals surface area contributed by atoms with Crippen molar-refractivity contribution in [3.63, 3.8) is 0 Å². The molecular weight excluding hydrogens is 398 g/mol. The molecule has 3 aromatic rings. The predicted octanol–water partition coefficient (Wildman–Crippen LogP) is 4.96. The zero-order valence-electron chi connectivity index (χ0n) is 16.9. The summed E-state index contributed by atoms with van der Waals surface area (Å²) in [6, 6.07) is 20.1. The van der Waals surface area contributed by atoms with Crippen LogP contribution in [0, 0.1) is 13.8 Å². The Morgan fingerprint density at radius 3 is 2.50 bits per heavy atom. The maximum atomic E-state index is 13.4. The van der Waals surface area contributed by atoms with Crippen LogP contribution in [0.5, 0.6) is 0 Å². The van der Waals surface area contributed by atoms with Gasteiger partial charge in [-0.1, -0.05) is 59.6 Å². The van der Waals surface area contributed by atoms with E-state index in [2.05, 4.69) is 0 Å². The zero-order chi connectivity index (χ0) is 21.5. The predicted molar refractivity (Wildman–Crippen MR) is 118 cm³/mol. The highest BCUT2D eigenvalue weighted by atomic mass is 35.5. The minimum absolute atomic E-state index is 0.278. The van der Waals surface area contributed by atoms with E-state index >= 15 is 0 Å². The first kappa shape index (κ1) is 20.3. The van der Waals surface area contributed by atoms with Gasteiger partial charge in [0.15, 0.2) is 11.4 Å². The quantitative estimate of drug-likeness (QED) is 0.594. The molecule has 0 radical (unpaired) electrons. The van der Waals surface area contributed by atoms with Crippen molar-refractivity contribution in [2.75, 3.05) is 4.90 Å². The summed E-state index contributed by atoms with van der Waals surface area (Å²) in [4.78, 5) is 28.0. The van der Waals surface area contributed by atoms with Gasteiger partial charge < -0.3 is 10.0 Å². The number of aryl methyl sites for hydroxylation is 2. The molecule has 5 heteroatoms. The largest absolute Gasteiger partial charge is 0.375 e. The summed E-state index contributed by atoms with van der Waals surface area (Å²) in [6.45, 7) is 4.05. The van der Waals surface area contributed by atoms with Gasteiger partial charge in [0.25, 0.3) is 5.91 Å². The van der Waals surface area contributed by atoms with Crippen LogP contribution in [0.4, 0.5) is 5.69 Å². The van der Waals surface area contributed by atoms with E-state index in [0.717, 1.165) is 16.7 Å². The van der Waals surface area contributed by atoms with Crippen LogP contribution in [0.2, 0.25) is 5.02 Å². The van der Waals surface area contributed by atoms with E-state index < -0.39 is 11.5 Å². The Bertz CT molecular complexity index is 1140. The monoisotopic (exact) mass is 419 g/mol. The first-order valence-corrected chi connectivity index (χ1v) is 10.2. The molecule has 30 heavy (non-hydrogen) atoms. The number of aliphatic hydroxyl groups is 1. The molecule has 0 spiro atoms. The number of rotatable bonds is 5. The summed E-state index contributed by atoms with van der Waals surface area (Å²) >= 11 is 6.18. The van der Waals surface area contributed by atoms with E-state index in [1.54, 1.807) is 24.3 Å². The van der Waals surface area contributed by atoms with Crippen LogP contribution in [0.25, 0.3) is 0 Å². The molecule has 4 rings (SSSR count). The highest BCUT2D eigenvalue weighted by Crippen LogP contribution is 2.44. The second-order valence-electron chi connectivity index (χ2n) is 7.82. The zero-order valence-corrected chi connectivity index (χ0v) is 17.6. The summed E-state index contributed by atoms with van der Waals surface area (Å²) in [6.07, 6.45) is -0.339. The Morgan fingerprint density at radius 2 is 1.77 bits per heavy atom. The number of carbonyl (C=O) groups excluding carboxylic acids is 2. The SMILES string of the molecule is Cc1ccc(C)c(C(=O)C[C@]2(O)C(=O)N(Cc3ccccc3)c3ccc(Cl)cc32)c1. The molecule has 0 fully saturated rings. The van der Waals surface area contributed by atoms with Crippen molar-refractivity contribution in [1.82, 2.24) is 0 Å². The topological polar surface area (TPSA) is 57.6 Å². The normalized spacial score (nSPS) is 17.9. The van der Waals surface area contributed by atoms with E-state index in [1.807, 2.05) is 56.3 Å². The number of ketones is 1. The lowest BCUT2D eigenvalue weighted by Gasteiger charge is -2.23. The van der Waals surface area contributed by atoms with Gasteiger partial charge >= 0.3 is 0 Å². The van der Waals surface area contributed by atoms with Crippen molar-refractivity contribution in [3.8, 4) is 0 Å². The molecule has 1 atom stereocenters. The van der Waals surface area contributed by atoms with Gasteiger partial charge in [0.1, 0.15) is 0 Å². The third-order valence-electron chi connectivity index (χ3n) is 5.59. The van der Waals surface area contributed by atoms with Crippen molar-refractivity contribution in [1.29, 1.82) is 0 Å². The lowest BCUT2D eigenvalue weighted by Crippen LogP contribution is -2.41. The molecule has 0 aromatic heterocycles. The van der Waals surface area contributed by atoms with Crippen molar-refractivity contribution in [2.45, 2.75) is 32.4 Å². The molecular formula is C25H22ClNO3. The number of carbonyl (C=O) groups is 2. The minimum atomic E-state index is -1.96. The standard InChI is InChI=1S/C25H22ClNO3/c1-16-8-9-17(2)20(12-16)23(28)14-25(30)21-13-19(26)10-11-22(21)27(24(25)29)15-18-6-4-3-5-7-18/h3-13,30H,14-15H2,1-2H3/t25-/m1/s1. The summed E-state index contributed by atoms with van der Waals surface area (Å²) in [5, 5.41) is 11.9. The first-order valence-electron chi connectivity index (χ1n) is 9.78. The fourth-order valence-electron chi connectivity index (χ4n) is 3.98. The first-order chi connectivity index (χ1) is 14.3. The summed E-state index contributed by atoms with van der Waals surface area (Å²) < 4.78 is 0. The number of amides is 1. The third-order valence-corrected chi connectivity index (χ3v) is 5.82. The minimum Gasteiger partial charge on any atom is -0.375 e. The van der Waals surface area contributed by atoms with Crippen molar-refractivity contribution < 1.29 is 14.7 Å². The van der Waals surface area contributed by atoms with Gasteiger partial charge in [-0.3, -0.25) is 9.59 Å². The molecule has 0 unspecified atom stereocenters. The average Bonchev–Trinajstić information content (AvgIpc) is 2.92. The molecule has 0 aliphatic carbocycles. The summed E-state index contributed by atoms with van der Waals surface area (Å²) in [7, 11) is 0. The van der Waals surface area contributed by atoms with E-state index in [0.29, 0.717) is 28.4 Å². The van der Waals surface area contributed by atoms with Crippen molar-refractivity contribution in [2.24, 2.45) is 0 Å². The maximum Gasteiger partial charge on any atom is 0.264 e. The molecule has 1 aliphatic heterocycles. The van der Waals surface area contributed by atoms with E-state index in [1.165, 1.54) is 4.90 Å². The molecule has 152 valence electrons. The molecule has 0 bridgehead atoms. The number of hydrogen-bond acceptors (Lipinski definition) is 3. The van der Waals surface area contributed by atoms with Gasteiger partial charge in [-0.15, -0.1) is 0 Å². The molecule has 4 nitrogen and oxygen atoms in total. The smallest absolute Gasteiger partial charge is 0.264 e. The fourth-order valence-corrected chi connectivity index (χ4v) is 4.15. The van der Waals surface area contributed by atoms with Gasteiger partial charge in [-0.25, -0.2) is 0 Å². The second-order valence-corrected chi connectivity index (χ2v) is 8.25. The Morgan fingerprint density at radius 1 is 1.03 bits per heavy atom. The van der Waals surface area contributed by atoms with E-state index in [4.69, 9.17) is 11.6 Å². The van der Waals surface area contributed by atoms with E-state index in [-0.39, 0.29) is 12.2 Å². The van der Waals surface area contributed by atoms with Crippen molar-refractivity contribution in [3.05, 3.63) is 99.6 Å².